The first-order chi connectivity index (χ1) is 12.3. The number of phenolic OH excluding ortho intramolecular Hbond substituents is 1. The van der Waals surface area contributed by atoms with Gasteiger partial charge in [0.2, 0.25) is 0 Å². The SMILES string of the molecule is Cc1ccc(O)c(C)c1-n1c(N)c(C(N)=O)c2sc(C3CC3)cc2c1=O. The van der Waals surface area contributed by atoms with Gasteiger partial charge in [-0.1, -0.05) is 6.07 Å². The summed E-state index contributed by atoms with van der Waals surface area (Å²) in [5.41, 5.74) is 13.5. The van der Waals surface area contributed by atoms with Crippen LogP contribution in [0, 0.1) is 13.8 Å². The lowest BCUT2D eigenvalue weighted by atomic mass is 10.1. The summed E-state index contributed by atoms with van der Waals surface area (Å²) in [5.74, 6) is -0.148. The van der Waals surface area contributed by atoms with Gasteiger partial charge in [-0.2, -0.15) is 0 Å². The maximum atomic E-state index is 13.3. The third kappa shape index (κ3) is 2.31. The number of pyridine rings is 1. The topological polar surface area (TPSA) is 111 Å². The summed E-state index contributed by atoms with van der Waals surface area (Å²) >= 11 is 1.42. The Balaban J connectivity index is 2.16. The van der Waals surface area contributed by atoms with E-state index < -0.39 is 5.91 Å². The van der Waals surface area contributed by atoms with E-state index in [-0.39, 0.29) is 22.7 Å². The number of amides is 1. The second-order valence-corrected chi connectivity index (χ2v) is 7.89. The minimum atomic E-state index is -0.666. The lowest BCUT2D eigenvalue weighted by Crippen LogP contribution is -2.27. The average Bonchev–Trinajstić information content (AvgIpc) is 3.34. The van der Waals surface area contributed by atoms with Crippen molar-refractivity contribution in [3.63, 3.8) is 0 Å². The van der Waals surface area contributed by atoms with Crippen molar-refractivity contribution >= 4 is 33.1 Å². The number of aromatic hydroxyl groups is 1. The van der Waals surface area contributed by atoms with E-state index in [1.165, 1.54) is 15.9 Å². The Labute approximate surface area is 153 Å². The highest BCUT2D eigenvalue weighted by Crippen LogP contribution is 2.45. The molecule has 0 spiro atoms. The molecule has 1 amide bonds. The van der Waals surface area contributed by atoms with Crippen LogP contribution in [-0.4, -0.2) is 15.6 Å². The molecular weight excluding hydrogens is 350 g/mol. The van der Waals surface area contributed by atoms with Gasteiger partial charge in [0, 0.05) is 10.4 Å². The Morgan fingerprint density at radius 2 is 2.00 bits per heavy atom. The molecule has 1 aromatic carbocycles. The van der Waals surface area contributed by atoms with Crippen molar-refractivity contribution in [3.05, 3.63) is 50.1 Å². The van der Waals surface area contributed by atoms with Crippen molar-refractivity contribution in [1.82, 2.24) is 4.57 Å². The third-order valence-corrected chi connectivity index (χ3v) is 6.28. The second-order valence-electron chi connectivity index (χ2n) is 6.81. The molecule has 5 N–H and O–H groups in total. The van der Waals surface area contributed by atoms with Crippen LogP contribution in [0.2, 0.25) is 0 Å². The number of hydrogen-bond acceptors (Lipinski definition) is 5. The number of carbonyl (C=O) groups excluding carboxylic acids is 1. The van der Waals surface area contributed by atoms with E-state index in [1.807, 2.05) is 13.0 Å². The minimum absolute atomic E-state index is 0.0102. The number of aromatic nitrogens is 1. The van der Waals surface area contributed by atoms with Crippen LogP contribution in [0.5, 0.6) is 5.75 Å². The first-order valence-electron chi connectivity index (χ1n) is 8.38. The number of nitrogen functional groups attached to an aromatic ring is 1. The lowest BCUT2D eigenvalue weighted by molar-refractivity contribution is 0.100. The predicted molar refractivity (Wildman–Crippen MR) is 103 cm³/mol. The van der Waals surface area contributed by atoms with E-state index in [9.17, 15) is 14.7 Å². The molecule has 0 atom stereocenters. The number of nitrogens with zero attached hydrogens (tertiary/aromatic N) is 1. The zero-order valence-corrected chi connectivity index (χ0v) is 15.3. The molecule has 134 valence electrons. The van der Waals surface area contributed by atoms with Crippen molar-refractivity contribution in [3.8, 4) is 11.4 Å². The predicted octanol–water partition coefficient (Wildman–Crippen LogP) is 2.93. The highest BCUT2D eigenvalue weighted by atomic mass is 32.1. The van der Waals surface area contributed by atoms with Crippen LogP contribution in [0.3, 0.4) is 0 Å². The van der Waals surface area contributed by atoms with E-state index in [2.05, 4.69) is 0 Å². The smallest absolute Gasteiger partial charge is 0.265 e. The number of fused-ring (bicyclic) bond motifs is 1. The van der Waals surface area contributed by atoms with Crippen molar-refractivity contribution in [2.75, 3.05) is 5.73 Å². The molecule has 0 unspecified atom stereocenters. The van der Waals surface area contributed by atoms with Gasteiger partial charge in [0.05, 0.1) is 21.3 Å². The highest BCUT2D eigenvalue weighted by Gasteiger charge is 2.29. The Morgan fingerprint density at radius 1 is 1.31 bits per heavy atom. The molecule has 1 fully saturated rings. The first kappa shape index (κ1) is 16.7. The van der Waals surface area contributed by atoms with E-state index in [0.29, 0.717) is 27.3 Å². The van der Waals surface area contributed by atoms with Gasteiger partial charge in [-0.05, 0) is 50.3 Å². The van der Waals surface area contributed by atoms with Crippen molar-refractivity contribution in [1.29, 1.82) is 0 Å². The number of aryl methyl sites for hydroxylation is 1. The largest absolute Gasteiger partial charge is 0.508 e. The normalized spacial score (nSPS) is 14.1. The summed E-state index contributed by atoms with van der Waals surface area (Å²) < 4.78 is 1.85. The number of rotatable bonds is 3. The maximum Gasteiger partial charge on any atom is 0.265 e. The van der Waals surface area contributed by atoms with Crippen LogP contribution in [0.15, 0.2) is 23.0 Å². The van der Waals surface area contributed by atoms with Gasteiger partial charge in [0.1, 0.15) is 11.6 Å². The van der Waals surface area contributed by atoms with Gasteiger partial charge in [-0.15, -0.1) is 11.3 Å². The van der Waals surface area contributed by atoms with Crippen LogP contribution in [0.1, 0.15) is 45.1 Å². The molecule has 0 bridgehead atoms. The Bertz CT molecular complexity index is 1140. The number of hydrogen-bond donors (Lipinski definition) is 3. The first-order valence-corrected chi connectivity index (χ1v) is 9.20. The average molecular weight is 369 g/mol. The molecule has 3 aromatic rings. The minimum Gasteiger partial charge on any atom is -0.508 e. The second kappa shape index (κ2) is 5.60. The van der Waals surface area contributed by atoms with Gasteiger partial charge < -0.3 is 16.6 Å². The molecule has 6 nitrogen and oxygen atoms in total. The van der Waals surface area contributed by atoms with Crippen LogP contribution in [0.25, 0.3) is 15.8 Å². The highest BCUT2D eigenvalue weighted by molar-refractivity contribution is 7.19. The molecule has 2 heterocycles. The zero-order chi connectivity index (χ0) is 18.7. The molecule has 2 aromatic heterocycles. The third-order valence-electron chi connectivity index (χ3n) is 4.96. The molecular formula is C19H19N3O3S. The molecule has 0 saturated heterocycles. The molecule has 4 rings (SSSR count). The lowest BCUT2D eigenvalue weighted by Gasteiger charge is -2.18. The fourth-order valence-electron chi connectivity index (χ4n) is 3.41. The molecule has 1 aliphatic carbocycles. The quantitative estimate of drug-likeness (QED) is 0.659. The molecule has 1 aliphatic rings. The summed E-state index contributed by atoms with van der Waals surface area (Å²) in [7, 11) is 0. The van der Waals surface area contributed by atoms with Gasteiger partial charge in [0.15, 0.2) is 0 Å². The van der Waals surface area contributed by atoms with E-state index >= 15 is 0 Å². The number of benzene rings is 1. The number of anilines is 1. The van der Waals surface area contributed by atoms with Crippen LogP contribution < -0.4 is 17.0 Å². The van der Waals surface area contributed by atoms with Gasteiger partial charge in [-0.3, -0.25) is 14.2 Å². The summed E-state index contributed by atoms with van der Waals surface area (Å²) in [6, 6.07) is 5.13. The summed E-state index contributed by atoms with van der Waals surface area (Å²) in [6.07, 6.45) is 2.18. The zero-order valence-electron chi connectivity index (χ0n) is 14.5. The van der Waals surface area contributed by atoms with Crippen LogP contribution in [-0.2, 0) is 0 Å². The van der Waals surface area contributed by atoms with Gasteiger partial charge >= 0.3 is 0 Å². The summed E-state index contributed by atoms with van der Waals surface area (Å²) in [5, 5.41) is 10.5. The molecule has 7 heteroatoms. The van der Waals surface area contributed by atoms with E-state index in [1.54, 1.807) is 19.1 Å². The standard InChI is InChI=1S/C19H19N3O3S/c1-8-3-6-12(23)9(2)15(8)22-17(20)14(18(21)24)16-11(19(22)25)7-13(26-16)10-4-5-10/h3,6-7,10,23H,4-5,20H2,1-2H3,(H2,21,24). The Kier molecular flexibility index (Phi) is 3.59. The van der Waals surface area contributed by atoms with Crippen LogP contribution in [0.4, 0.5) is 5.82 Å². The fraction of sp³-hybridized carbons (Fsp3) is 0.263. The molecule has 0 radical (unpaired) electrons. The fourth-order valence-corrected chi connectivity index (χ4v) is 4.79. The molecule has 26 heavy (non-hydrogen) atoms. The van der Waals surface area contributed by atoms with Crippen molar-refractivity contribution < 1.29 is 9.90 Å². The Morgan fingerprint density at radius 3 is 2.62 bits per heavy atom. The Hall–Kier alpha value is -2.80. The van der Waals surface area contributed by atoms with Crippen molar-refractivity contribution in [2.24, 2.45) is 5.73 Å². The van der Waals surface area contributed by atoms with Gasteiger partial charge in [0.25, 0.3) is 11.5 Å². The number of nitrogens with two attached hydrogens (primary N) is 2. The van der Waals surface area contributed by atoms with E-state index in [4.69, 9.17) is 11.5 Å². The van der Waals surface area contributed by atoms with Crippen molar-refractivity contribution in [2.45, 2.75) is 32.6 Å². The van der Waals surface area contributed by atoms with Crippen LogP contribution >= 0.6 is 11.3 Å². The summed E-state index contributed by atoms with van der Waals surface area (Å²) in [6.45, 7) is 3.53. The number of carbonyl (C=O) groups is 1. The number of thiophene rings is 1. The monoisotopic (exact) mass is 369 g/mol. The number of primary amides is 1. The molecule has 1 saturated carbocycles. The van der Waals surface area contributed by atoms with Gasteiger partial charge in [-0.25, -0.2) is 0 Å². The maximum absolute atomic E-state index is 13.3. The summed E-state index contributed by atoms with van der Waals surface area (Å²) in [4.78, 5) is 26.5. The molecule has 0 aliphatic heterocycles. The van der Waals surface area contributed by atoms with E-state index in [0.717, 1.165) is 23.3 Å². The number of phenols is 1.